The first-order chi connectivity index (χ1) is 10.6. The van der Waals surface area contributed by atoms with Crippen molar-refractivity contribution in [3.63, 3.8) is 0 Å². The maximum Gasteiger partial charge on any atom is 0.374 e. The minimum Gasteiger partial charge on any atom is -0.457 e. The Morgan fingerprint density at radius 2 is 2.00 bits per heavy atom. The van der Waals surface area contributed by atoms with Gasteiger partial charge in [-0.2, -0.15) is 0 Å². The molecule has 0 saturated carbocycles. The molecule has 7 heteroatoms. The van der Waals surface area contributed by atoms with E-state index in [1.54, 1.807) is 13.0 Å². The Bertz CT molecular complexity index is 765. The van der Waals surface area contributed by atoms with Crippen LogP contribution in [-0.4, -0.2) is 16.2 Å². The summed E-state index contributed by atoms with van der Waals surface area (Å²) in [7, 11) is 0. The topological polar surface area (TPSA) is 78.4 Å². The molecule has 0 saturated heterocycles. The van der Waals surface area contributed by atoms with Crippen molar-refractivity contribution < 1.29 is 22.8 Å². The fourth-order valence-electron chi connectivity index (χ4n) is 1.77. The number of carbonyl (C=O) groups excluding carboxylic acids is 1. The molecule has 0 N–H and O–H groups in total. The number of aromatic nitrogens is 2. The van der Waals surface area contributed by atoms with Crippen LogP contribution in [0.4, 0.5) is 4.39 Å². The monoisotopic (exact) mass is 302 g/mol. The van der Waals surface area contributed by atoms with Crippen LogP contribution in [0.5, 0.6) is 0 Å². The number of esters is 1. The van der Waals surface area contributed by atoms with E-state index in [9.17, 15) is 9.18 Å². The van der Waals surface area contributed by atoms with Gasteiger partial charge in [-0.25, -0.2) is 9.18 Å². The van der Waals surface area contributed by atoms with E-state index in [1.165, 1.54) is 36.6 Å². The quantitative estimate of drug-likeness (QED) is 0.687. The highest BCUT2D eigenvalue weighted by atomic mass is 19.1. The molecule has 0 bridgehead atoms. The van der Waals surface area contributed by atoms with Crippen LogP contribution in [0.15, 0.2) is 51.5 Å². The van der Waals surface area contributed by atoms with Gasteiger partial charge < -0.3 is 13.6 Å². The first-order valence-electron chi connectivity index (χ1n) is 6.47. The summed E-state index contributed by atoms with van der Waals surface area (Å²) in [5.74, 6) is -0.538. The molecule has 0 spiro atoms. The number of benzene rings is 1. The molecular formula is C15H11FN2O4. The predicted octanol–water partition coefficient (Wildman–Crippen LogP) is 3.39. The summed E-state index contributed by atoms with van der Waals surface area (Å²) in [6, 6.07) is 8.70. The molecule has 0 aliphatic heterocycles. The molecule has 6 nitrogen and oxygen atoms in total. The van der Waals surface area contributed by atoms with Crippen LogP contribution >= 0.6 is 0 Å². The molecule has 2 heterocycles. The summed E-state index contributed by atoms with van der Waals surface area (Å²) in [5, 5.41) is 7.68. The van der Waals surface area contributed by atoms with Gasteiger partial charge in [0.05, 0.1) is 6.26 Å². The van der Waals surface area contributed by atoms with Gasteiger partial charge in [0.1, 0.15) is 5.82 Å². The zero-order chi connectivity index (χ0) is 15.5. The molecule has 112 valence electrons. The van der Waals surface area contributed by atoms with E-state index >= 15 is 0 Å². The Balaban J connectivity index is 1.73. The maximum atomic E-state index is 12.9. The lowest BCUT2D eigenvalue weighted by Gasteiger charge is -2.07. The second kappa shape index (κ2) is 5.80. The number of nitrogens with zero attached hydrogens (tertiary/aromatic N) is 2. The lowest BCUT2D eigenvalue weighted by molar-refractivity contribution is 0.0244. The fourth-order valence-corrected chi connectivity index (χ4v) is 1.77. The van der Waals surface area contributed by atoms with Crippen LogP contribution in [0.3, 0.4) is 0 Å². The summed E-state index contributed by atoms with van der Waals surface area (Å²) < 4.78 is 28.4. The van der Waals surface area contributed by atoms with E-state index in [2.05, 4.69) is 10.2 Å². The third kappa shape index (κ3) is 2.88. The molecule has 0 radical (unpaired) electrons. The second-order valence-electron chi connectivity index (χ2n) is 4.48. The lowest BCUT2D eigenvalue weighted by atomic mass is 10.2. The summed E-state index contributed by atoms with van der Waals surface area (Å²) in [4.78, 5) is 11.8. The molecule has 3 rings (SSSR count). The van der Waals surface area contributed by atoms with E-state index in [0.29, 0.717) is 5.56 Å². The van der Waals surface area contributed by atoms with Crippen molar-refractivity contribution in [2.75, 3.05) is 0 Å². The highest BCUT2D eigenvalue weighted by molar-refractivity contribution is 5.86. The standard InChI is InChI=1S/C15H11FN2O4/c1-9(21-15(19)12-3-2-8-20-12)13-17-18-14(22-13)10-4-6-11(16)7-5-10/h2-9H,1H3/t9-/m0/s1. The van der Waals surface area contributed by atoms with E-state index in [-0.39, 0.29) is 23.4 Å². The smallest absolute Gasteiger partial charge is 0.374 e. The van der Waals surface area contributed by atoms with E-state index in [0.717, 1.165) is 0 Å². The van der Waals surface area contributed by atoms with Crippen molar-refractivity contribution >= 4 is 5.97 Å². The number of hydrogen-bond donors (Lipinski definition) is 0. The minimum atomic E-state index is -0.737. The highest BCUT2D eigenvalue weighted by Gasteiger charge is 2.21. The Labute approximate surface area is 124 Å². The zero-order valence-corrected chi connectivity index (χ0v) is 11.5. The van der Waals surface area contributed by atoms with Crippen LogP contribution < -0.4 is 0 Å². The Hall–Kier alpha value is -2.96. The van der Waals surface area contributed by atoms with Gasteiger partial charge in [-0.15, -0.1) is 10.2 Å². The SMILES string of the molecule is C[C@H](OC(=O)c1ccco1)c1nnc(-c2ccc(F)cc2)o1. The number of ether oxygens (including phenoxy) is 1. The van der Waals surface area contributed by atoms with E-state index in [1.807, 2.05) is 0 Å². The molecule has 0 aliphatic rings. The average Bonchev–Trinajstić information content (AvgIpc) is 3.20. The lowest BCUT2D eigenvalue weighted by Crippen LogP contribution is -2.08. The van der Waals surface area contributed by atoms with Gasteiger partial charge in [0.25, 0.3) is 5.89 Å². The molecule has 0 aliphatic carbocycles. The molecular weight excluding hydrogens is 291 g/mol. The van der Waals surface area contributed by atoms with Gasteiger partial charge in [0.15, 0.2) is 6.10 Å². The molecule has 0 unspecified atom stereocenters. The molecule has 0 amide bonds. The van der Waals surface area contributed by atoms with Crippen LogP contribution in [0.2, 0.25) is 0 Å². The first kappa shape index (κ1) is 14.0. The van der Waals surface area contributed by atoms with Crippen LogP contribution in [0.25, 0.3) is 11.5 Å². The van der Waals surface area contributed by atoms with Crippen molar-refractivity contribution in [2.45, 2.75) is 13.0 Å². The summed E-state index contributed by atoms with van der Waals surface area (Å²) in [6.07, 6.45) is 0.639. The fraction of sp³-hybridized carbons (Fsp3) is 0.133. The normalized spacial score (nSPS) is 12.1. The molecule has 0 fully saturated rings. The number of rotatable bonds is 4. The summed E-state index contributed by atoms with van der Waals surface area (Å²) >= 11 is 0. The van der Waals surface area contributed by atoms with Crippen molar-refractivity contribution in [1.82, 2.24) is 10.2 Å². The largest absolute Gasteiger partial charge is 0.457 e. The van der Waals surface area contributed by atoms with Gasteiger partial charge in [-0.1, -0.05) is 0 Å². The Morgan fingerprint density at radius 1 is 1.23 bits per heavy atom. The number of carbonyl (C=O) groups is 1. The molecule has 22 heavy (non-hydrogen) atoms. The predicted molar refractivity (Wildman–Crippen MR) is 72.2 cm³/mol. The Kier molecular flexibility index (Phi) is 3.69. The average molecular weight is 302 g/mol. The van der Waals surface area contributed by atoms with E-state index in [4.69, 9.17) is 13.6 Å². The van der Waals surface area contributed by atoms with Gasteiger partial charge in [-0.3, -0.25) is 0 Å². The second-order valence-corrected chi connectivity index (χ2v) is 4.48. The van der Waals surface area contributed by atoms with Gasteiger partial charge in [-0.05, 0) is 43.3 Å². The molecule has 1 aromatic carbocycles. The molecule has 3 aromatic rings. The van der Waals surface area contributed by atoms with Crippen molar-refractivity contribution in [1.29, 1.82) is 0 Å². The Morgan fingerprint density at radius 3 is 2.68 bits per heavy atom. The number of hydrogen-bond acceptors (Lipinski definition) is 6. The van der Waals surface area contributed by atoms with Crippen molar-refractivity contribution in [3.05, 3.63) is 60.1 Å². The summed E-state index contributed by atoms with van der Waals surface area (Å²) in [5.41, 5.74) is 0.574. The molecule has 1 atom stereocenters. The van der Waals surface area contributed by atoms with Gasteiger partial charge >= 0.3 is 5.97 Å². The van der Waals surface area contributed by atoms with Crippen molar-refractivity contribution in [3.8, 4) is 11.5 Å². The molecule has 2 aromatic heterocycles. The zero-order valence-electron chi connectivity index (χ0n) is 11.5. The minimum absolute atomic E-state index is 0.0881. The maximum absolute atomic E-state index is 12.9. The van der Waals surface area contributed by atoms with E-state index < -0.39 is 12.1 Å². The van der Waals surface area contributed by atoms with Gasteiger partial charge in [0.2, 0.25) is 11.7 Å². The highest BCUT2D eigenvalue weighted by Crippen LogP contribution is 2.23. The van der Waals surface area contributed by atoms with Crippen molar-refractivity contribution in [2.24, 2.45) is 0 Å². The van der Waals surface area contributed by atoms with Crippen LogP contribution in [0.1, 0.15) is 29.5 Å². The third-order valence-corrected chi connectivity index (χ3v) is 2.89. The van der Waals surface area contributed by atoms with Crippen LogP contribution in [-0.2, 0) is 4.74 Å². The van der Waals surface area contributed by atoms with Crippen LogP contribution in [0, 0.1) is 5.82 Å². The summed E-state index contributed by atoms with van der Waals surface area (Å²) in [6.45, 7) is 1.60. The van der Waals surface area contributed by atoms with Gasteiger partial charge in [0, 0.05) is 5.56 Å². The number of furan rings is 1. The third-order valence-electron chi connectivity index (χ3n) is 2.89. The number of halogens is 1. The first-order valence-corrected chi connectivity index (χ1v) is 6.47.